The second kappa shape index (κ2) is 10.1. The first-order valence-electron chi connectivity index (χ1n) is 10.1. The van der Waals surface area contributed by atoms with Crippen molar-refractivity contribution in [1.29, 1.82) is 0 Å². The molecule has 0 amide bonds. The summed E-state index contributed by atoms with van der Waals surface area (Å²) in [5.41, 5.74) is 3.80. The van der Waals surface area contributed by atoms with Crippen molar-refractivity contribution in [2.24, 2.45) is 4.99 Å². The quantitative estimate of drug-likeness (QED) is 0.189. The zero-order valence-corrected chi connectivity index (χ0v) is 17.3. The van der Waals surface area contributed by atoms with Crippen LogP contribution in [0.4, 0.5) is 5.69 Å². The van der Waals surface area contributed by atoms with Gasteiger partial charge < -0.3 is 9.47 Å². The number of ether oxygens (including phenoxy) is 2. The van der Waals surface area contributed by atoms with E-state index in [1.165, 1.54) is 0 Å². The molecule has 0 aliphatic rings. The van der Waals surface area contributed by atoms with Crippen molar-refractivity contribution in [3.63, 3.8) is 0 Å². The van der Waals surface area contributed by atoms with Gasteiger partial charge in [0.2, 0.25) is 5.90 Å². The highest BCUT2D eigenvalue weighted by molar-refractivity contribution is 5.96. The Kier molecular flexibility index (Phi) is 6.56. The monoisotopic (exact) mass is 405 g/mol. The third-order valence-electron chi connectivity index (χ3n) is 4.59. The number of hydrogen-bond donors (Lipinski definition) is 0. The minimum Gasteiger partial charge on any atom is -0.465 e. The van der Waals surface area contributed by atoms with Gasteiger partial charge in [-0.1, -0.05) is 78.9 Å². The smallest absolute Gasteiger partial charge is 0.225 e. The minimum absolute atomic E-state index is 0.479. The van der Waals surface area contributed by atoms with Crippen molar-refractivity contribution in [2.45, 2.75) is 6.92 Å². The molecule has 31 heavy (non-hydrogen) atoms. The van der Waals surface area contributed by atoms with Crippen LogP contribution in [-0.2, 0) is 0 Å². The molecule has 0 aromatic heterocycles. The van der Waals surface area contributed by atoms with Crippen LogP contribution >= 0.6 is 0 Å². The second-order valence-corrected chi connectivity index (χ2v) is 6.98. The van der Waals surface area contributed by atoms with Crippen LogP contribution < -0.4 is 9.47 Å². The topological polar surface area (TPSA) is 30.8 Å². The van der Waals surface area contributed by atoms with E-state index in [4.69, 9.17) is 14.5 Å². The molecule has 0 aliphatic heterocycles. The van der Waals surface area contributed by atoms with E-state index in [9.17, 15) is 0 Å². The summed E-state index contributed by atoms with van der Waals surface area (Å²) in [6, 6.07) is 37.6. The third kappa shape index (κ3) is 5.71. The summed E-state index contributed by atoms with van der Waals surface area (Å²) in [6.07, 6.45) is 1.66. The fraction of sp³-hybridized carbons (Fsp3) is 0.0357. The van der Waals surface area contributed by atoms with Gasteiger partial charge in [0, 0.05) is 5.57 Å². The van der Waals surface area contributed by atoms with Crippen LogP contribution in [-0.4, -0.2) is 5.90 Å². The van der Waals surface area contributed by atoms with Crippen molar-refractivity contribution in [3.8, 4) is 22.6 Å². The fourth-order valence-electron chi connectivity index (χ4n) is 3.00. The van der Waals surface area contributed by atoms with Gasteiger partial charge in [-0.25, -0.2) is 4.99 Å². The number of para-hydroxylation sites is 2. The Bertz CT molecular complexity index is 1170. The molecule has 152 valence electrons. The van der Waals surface area contributed by atoms with Crippen LogP contribution in [0.5, 0.6) is 11.5 Å². The molecule has 0 aliphatic carbocycles. The maximum atomic E-state index is 6.23. The molecule has 0 spiro atoms. The summed E-state index contributed by atoms with van der Waals surface area (Å²) in [5, 5.41) is 0. The predicted molar refractivity (Wildman–Crippen MR) is 127 cm³/mol. The zero-order chi connectivity index (χ0) is 21.3. The van der Waals surface area contributed by atoms with Gasteiger partial charge in [0.1, 0.15) is 11.5 Å². The molecular formula is C28H23NO2. The third-order valence-corrected chi connectivity index (χ3v) is 4.59. The molecule has 0 heterocycles. The molecule has 0 unspecified atom stereocenters. The molecule has 4 rings (SSSR count). The van der Waals surface area contributed by atoms with Crippen LogP contribution in [0.1, 0.15) is 6.92 Å². The molecule has 0 bridgehead atoms. The maximum absolute atomic E-state index is 6.23. The lowest BCUT2D eigenvalue weighted by atomic mass is 10.1. The number of aliphatic imine (C=N–C) groups is 1. The Morgan fingerprint density at radius 1 is 0.645 bits per heavy atom. The molecule has 0 radical (unpaired) electrons. The fourth-order valence-corrected chi connectivity index (χ4v) is 3.00. The van der Waals surface area contributed by atoms with Gasteiger partial charge >= 0.3 is 0 Å². The van der Waals surface area contributed by atoms with Crippen LogP contribution in [0, 0.1) is 0 Å². The standard InChI is InChI=1S/C28H23NO2/c1-22(21-30-26-17-9-4-10-18-26)28(29-25-15-7-3-8-16-25)31-27-19-11-14-24(20-27)23-12-5-2-6-13-23/h2-21H,1H3. The molecule has 4 aromatic rings. The van der Waals surface area contributed by atoms with E-state index in [1.807, 2.05) is 104 Å². The van der Waals surface area contributed by atoms with Gasteiger partial charge in [-0.15, -0.1) is 0 Å². The summed E-state index contributed by atoms with van der Waals surface area (Å²) in [4.78, 5) is 4.71. The molecular weight excluding hydrogens is 382 g/mol. The van der Waals surface area contributed by atoms with E-state index >= 15 is 0 Å². The average Bonchev–Trinajstić information content (AvgIpc) is 2.84. The Labute approximate surface area is 182 Å². The Balaban J connectivity index is 1.63. The van der Waals surface area contributed by atoms with E-state index in [0.717, 1.165) is 28.1 Å². The van der Waals surface area contributed by atoms with Gasteiger partial charge in [0.25, 0.3) is 0 Å². The SMILES string of the molecule is CC(=COc1ccccc1)C(=Nc1ccccc1)Oc1cccc(-c2ccccc2)c1. The minimum atomic E-state index is 0.479. The van der Waals surface area contributed by atoms with Crippen LogP contribution in [0.3, 0.4) is 0 Å². The molecule has 0 saturated heterocycles. The maximum Gasteiger partial charge on any atom is 0.225 e. The van der Waals surface area contributed by atoms with Crippen molar-refractivity contribution in [1.82, 2.24) is 0 Å². The van der Waals surface area contributed by atoms with Crippen LogP contribution in [0.25, 0.3) is 11.1 Å². The first-order valence-corrected chi connectivity index (χ1v) is 10.1. The summed E-state index contributed by atoms with van der Waals surface area (Å²) >= 11 is 0. The summed E-state index contributed by atoms with van der Waals surface area (Å²) in [5.74, 6) is 1.95. The van der Waals surface area contributed by atoms with Gasteiger partial charge in [-0.3, -0.25) is 0 Å². The van der Waals surface area contributed by atoms with Gasteiger partial charge in [0.15, 0.2) is 0 Å². The predicted octanol–water partition coefficient (Wildman–Crippen LogP) is 7.45. The first-order chi connectivity index (χ1) is 15.3. The summed E-state index contributed by atoms with van der Waals surface area (Å²) in [7, 11) is 0. The molecule has 3 nitrogen and oxygen atoms in total. The lowest BCUT2D eigenvalue weighted by Gasteiger charge is -2.11. The van der Waals surface area contributed by atoms with E-state index in [1.54, 1.807) is 6.26 Å². The second-order valence-electron chi connectivity index (χ2n) is 6.98. The number of rotatable bonds is 6. The highest BCUT2D eigenvalue weighted by Gasteiger charge is 2.09. The van der Waals surface area contributed by atoms with Crippen molar-refractivity contribution in [2.75, 3.05) is 0 Å². The van der Waals surface area contributed by atoms with E-state index in [-0.39, 0.29) is 0 Å². The normalized spacial score (nSPS) is 11.8. The first kappa shape index (κ1) is 20.2. The Morgan fingerprint density at radius 2 is 1.23 bits per heavy atom. The van der Waals surface area contributed by atoms with Crippen molar-refractivity contribution < 1.29 is 9.47 Å². The van der Waals surface area contributed by atoms with Crippen molar-refractivity contribution in [3.05, 3.63) is 127 Å². The highest BCUT2D eigenvalue weighted by atomic mass is 16.5. The number of benzene rings is 4. The van der Waals surface area contributed by atoms with Gasteiger partial charge in [-0.2, -0.15) is 0 Å². The lowest BCUT2D eigenvalue weighted by molar-refractivity contribution is 0.473. The Morgan fingerprint density at radius 3 is 1.94 bits per heavy atom. The molecule has 4 aromatic carbocycles. The van der Waals surface area contributed by atoms with E-state index in [2.05, 4.69) is 18.2 Å². The van der Waals surface area contributed by atoms with Crippen LogP contribution in [0.15, 0.2) is 132 Å². The van der Waals surface area contributed by atoms with Crippen LogP contribution in [0.2, 0.25) is 0 Å². The molecule has 0 N–H and O–H groups in total. The number of nitrogens with zero attached hydrogens (tertiary/aromatic N) is 1. The molecule has 0 atom stereocenters. The molecule has 0 fully saturated rings. The molecule has 3 heteroatoms. The lowest BCUT2D eigenvalue weighted by Crippen LogP contribution is -2.11. The van der Waals surface area contributed by atoms with Gasteiger partial charge in [0.05, 0.1) is 11.9 Å². The largest absolute Gasteiger partial charge is 0.465 e. The molecule has 0 saturated carbocycles. The van der Waals surface area contributed by atoms with Crippen molar-refractivity contribution >= 4 is 11.6 Å². The van der Waals surface area contributed by atoms with E-state index < -0.39 is 0 Å². The zero-order valence-electron chi connectivity index (χ0n) is 17.3. The summed E-state index contributed by atoms with van der Waals surface area (Å²) < 4.78 is 12.0. The van der Waals surface area contributed by atoms with E-state index in [0.29, 0.717) is 11.6 Å². The van der Waals surface area contributed by atoms with Gasteiger partial charge in [-0.05, 0) is 54.4 Å². The highest BCUT2D eigenvalue weighted by Crippen LogP contribution is 2.25. The average molecular weight is 405 g/mol. The number of hydrogen-bond acceptors (Lipinski definition) is 3. The summed E-state index contributed by atoms with van der Waals surface area (Å²) in [6.45, 7) is 1.92. The Hall–Kier alpha value is -4.11.